The summed E-state index contributed by atoms with van der Waals surface area (Å²) in [5, 5.41) is 4.76. The Morgan fingerprint density at radius 1 is 0.851 bits per heavy atom. The van der Waals surface area contributed by atoms with Gasteiger partial charge in [0, 0.05) is 30.4 Å². The minimum Gasteiger partial charge on any atom is -0.497 e. The second kappa shape index (κ2) is 14.0. The van der Waals surface area contributed by atoms with Crippen LogP contribution in [-0.4, -0.2) is 68.4 Å². The molecule has 0 saturated carbocycles. The number of hydrogen-bond acceptors (Lipinski definition) is 8. The van der Waals surface area contributed by atoms with Gasteiger partial charge in [-0.05, 0) is 48.4 Å². The molecule has 0 N–H and O–H groups in total. The zero-order valence-electron chi connectivity index (χ0n) is 30.1. The third kappa shape index (κ3) is 8.37. The molecule has 10 nitrogen and oxygen atoms in total. The maximum atomic E-state index is 15.4. The Kier molecular flexibility index (Phi) is 10.8. The van der Waals surface area contributed by atoms with E-state index >= 15 is 4.39 Å². The smallest absolute Gasteiger partial charge is 0.192 e. The molecule has 0 spiro atoms. The van der Waals surface area contributed by atoms with E-state index in [0.717, 1.165) is 5.56 Å². The third-order valence-corrected chi connectivity index (χ3v) is 18.6. The van der Waals surface area contributed by atoms with Gasteiger partial charge in [-0.25, -0.2) is 14.4 Å². The summed E-state index contributed by atoms with van der Waals surface area (Å²) in [6, 6.07) is 6.69. The minimum atomic E-state index is -2.04. The summed E-state index contributed by atoms with van der Waals surface area (Å²) in [6.07, 6.45) is 5.50. The van der Waals surface area contributed by atoms with Gasteiger partial charge in [0.15, 0.2) is 33.8 Å². The Hall–Kier alpha value is -3.40. The topological polar surface area (TPSA) is 97.8 Å². The maximum absolute atomic E-state index is 15.4. The van der Waals surface area contributed by atoms with Crippen molar-refractivity contribution in [3.63, 3.8) is 0 Å². The number of benzene rings is 1. The molecule has 3 heterocycles. The quantitative estimate of drug-likeness (QED) is 0.141. The van der Waals surface area contributed by atoms with Crippen LogP contribution in [0.25, 0.3) is 22.4 Å². The van der Waals surface area contributed by atoms with E-state index in [4.69, 9.17) is 33.3 Å². The lowest BCUT2D eigenvalue weighted by Crippen LogP contribution is -2.41. The first-order chi connectivity index (χ1) is 21.9. The Morgan fingerprint density at radius 2 is 1.49 bits per heavy atom. The number of pyridine rings is 1. The van der Waals surface area contributed by atoms with Crippen LogP contribution in [0.4, 0.5) is 10.1 Å². The summed E-state index contributed by atoms with van der Waals surface area (Å²) < 4.78 is 42.7. The molecule has 0 atom stereocenters. The summed E-state index contributed by atoms with van der Waals surface area (Å²) in [6.45, 7) is 24.4. The van der Waals surface area contributed by atoms with Crippen molar-refractivity contribution in [2.24, 2.45) is 4.99 Å². The first-order valence-electron chi connectivity index (χ1n) is 16.0. The highest BCUT2D eigenvalue weighted by Gasteiger charge is 2.37. The molecule has 47 heavy (non-hydrogen) atoms. The second-order valence-electron chi connectivity index (χ2n) is 14.8. The second-order valence-corrected chi connectivity index (χ2v) is 24.4. The number of ether oxygens (including phenoxy) is 2. The number of nitrogens with zero attached hydrogens (tertiary/aromatic N) is 6. The largest absolute Gasteiger partial charge is 0.497 e. The predicted molar refractivity (Wildman–Crippen MR) is 190 cm³/mol. The molecule has 4 aromatic rings. The van der Waals surface area contributed by atoms with Crippen molar-refractivity contribution in [2.45, 2.75) is 90.9 Å². The van der Waals surface area contributed by atoms with Gasteiger partial charge in [0.2, 0.25) is 0 Å². The first-order valence-corrected chi connectivity index (χ1v) is 21.8. The van der Waals surface area contributed by atoms with Crippen LogP contribution in [0.15, 0.2) is 47.8 Å². The lowest BCUT2D eigenvalue weighted by atomic mass is 10.2. The molecule has 0 aliphatic carbocycles. The maximum Gasteiger partial charge on any atom is 0.192 e. The van der Waals surface area contributed by atoms with E-state index in [1.807, 2.05) is 27.6 Å². The van der Waals surface area contributed by atoms with Crippen molar-refractivity contribution in [1.29, 1.82) is 0 Å². The molecule has 0 bridgehead atoms. The van der Waals surface area contributed by atoms with Crippen LogP contribution < -0.4 is 15.0 Å². The van der Waals surface area contributed by atoms with Gasteiger partial charge in [-0.3, -0.25) is 9.67 Å². The van der Waals surface area contributed by atoms with Gasteiger partial charge in [-0.2, -0.15) is 5.10 Å². The van der Waals surface area contributed by atoms with Crippen molar-refractivity contribution in [2.75, 3.05) is 27.4 Å². The summed E-state index contributed by atoms with van der Waals surface area (Å²) in [4.78, 5) is 14.5. The van der Waals surface area contributed by atoms with Gasteiger partial charge < -0.3 is 22.9 Å². The summed E-state index contributed by atoms with van der Waals surface area (Å²) in [7, 11) is -0.960. The number of halogens is 1. The van der Waals surface area contributed by atoms with E-state index in [1.165, 1.54) is 20.3 Å². The van der Waals surface area contributed by atoms with Crippen LogP contribution >= 0.6 is 0 Å². The molecule has 0 aliphatic rings. The van der Waals surface area contributed by atoms with E-state index in [2.05, 4.69) is 72.8 Å². The zero-order valence-corrected chi connectivity index (χ0v) is 32.1. The molecule has 0 radical (unpaired) electrons. The third-order valence-electron chi connectivity index (χ3n) is 9.49. The van der Waals surface area contributed by atoms with Gasteiger partial charge in [0.1, 0.15) is 22.4 Å². The molecule has 0 unspecified atom stereocenters. The van der Waals surface area contributed by atoms with E-state index < -0.39 is 22.5 Å². The van der Waals surface area contributed by atoms with Crippen LogP contribution in [0, 0.1) is 5.82 Å². The van der Waals surface area contributed by atoms with Crippen molar-refractivity contribution in [3.05, 3.63) is 54.2 Å². The number of aromatic nitrogens is 5. The van der Waals surface area contributed by atoms with Gasteiger partial charge in [0.25, 0.3) is 0 Å². The number of fused-ring (bicyclic) bond motifs is 1. The highest BCUT2D eigenvalue weighted by atomic mass is 28.4. The fourth-order valence-electron chi connectivity index (χ4n) is 4.38. The van der Waals surface area contributed by atoms with Crippen LogP contribution in [0.3, 0.4) is 0 Å². The standard InChI is InChI=1S/C34H51FN6O4Si2/c1-33(2,3)46(9,10)44-17-15-40-23-24(21-37-40)28-22-36-26-13-14-30(38-27-19-25(42-7)20-29(43-8)31(27)35)41(32(26)39-28)16-18-45-47(11,12)34(4,5)6/h13-14,19-23H,15-18H2,1-12H3/b38-30+. The summed E-state index contributed by atoms with van der Waals surface area (Å²) in [5.41, 5.74) is 3.37. The first kappa shape index (κ1) is 36.4. The molecule has 13 heteroatoms. The Bertz CT molecular complexity index is 1770. The molecular weight excluding hydrogens is 632 g/mol. The van der Waals surface area contributed by atoms with Gasteiger partial charge in [-0.1, -0.05) is 41.5 Å². The van der Waals surface area contributed by atoms with E-state index in [0.29, 0.717) is 54.4 Å². The van der Waals surface area contributed by atoms with Gasteiger partial charge in [0.05, 0.1) is 52.1 Å². The predicted octanol–water partition coefficient (Wildman–Crippen LogP) is 7.73. The Morgan fingerprint density at radius 3 is 2.09 bits per heavy atom. The van der Waals surface area contributed by atoms with Crippen LogP contribution in [0.5, 0.6) is 11.5 Å². The van der Waals surface area contributed by atoms with Crippen molar-refractivity contribution in [3.8, 4) is 22.8 Å². The van der Waals surface area contributed by atoms with E-state index in [1.54, 1.807) is 18.5 Å². The molecule has 0 aliphatic heterocycles. The molecule has 256 valence electrons. The molecule has 0 fully saturated rings. The van der Waals surface area contributed by atoms with Crippen LogP contribution in [0.1, 0.15) is 41.5 Å². The monoisotopic (exact) mass is 682 g/mol. The SMILES string of the molecule is COc1cc(/N=c2\ccc3ncc(-c4cnn(CCO[Si](C)(C)C(C)(C)C)c4)nc3n2CCO[Si](C)(C)C(C)(C)C)c(F)c(OC)c1. The molecule has 0 amide bonds. The van der Waals surface area contributed by atoms with Crippen molar-refractivity contribution < 1.29 is 22.7 Å². The Labute approximate surface area is 280 Å². The molecular formula is C34H51FN6O4Si2. The molecule has 0 saturated heterocycles. The fourth-order valence-corrected chi connectivity index (χ4v) is 6.45. The molecule has 1 aromatic carbocycles. The average molecular weight is 683 g/mol. The average Bonchev–Trinajstić information content (AvgIpc) is 3.46. The summed E-state index contributed by atoms with van der Waals surface area (Å²) in [5.74, 6) is -0.0999. The number of methoxy groups -OCH3 is 2. The number of rotatable bonds is 12. The van der Waals surface area contributed by atoms with E-state index in [-0.39, 0.29) is 21.5 Å². The molecule has 4 rings (SSSR count). The zero-order chi connectivity index (χ0) is 34.8. The highest BCUT2D eigenvalue weighted by Crippen LogP contribution is 2.37. The Balaban J connectivity index is 1.75. The van der Waals surface area contributed by atoms with E-state index in [9.17, 15) is 0 Å². The number of hydrogen-bond donors (Lipinski definition) is 0. The summed E-state index contributed by atoms with van der Waals surface area (Å²) >= 11 is 0. The fraction of sp³-hybridized carbons (Fsp3) is 0.529. The van der Waals surface area contributed by atoms with Gasteiger partial charge >= 0.3 is 0 Å². The lowest BCUT2D eigenvalue weighted by molar-refractivity contribution is 0.266. The van der Waals surface area contributed by atoms with Crippen molar-refractivity contribution >= 4 is 33.5 Å². The normalized spacial score (nSPS) is 13.4. The lowest BCUT2D eigenvalue weighted by Gasteiger charge is -2.36. The highest BCUT2D eigenvalue weighted by molar-refractivity contribution is 6.74. The van der Waals surface area contributed by atoms with Crippen molar-refractivity contribution in [1.82, 2.24) is 24.3 Å². The van der Waals surface area contributed by atoms with Crippen LogP contribution in [-0.2, 0) is 21.9 Å². The minimum absolute atomic E-state index is 0.0468. The van der Waals surface area contributed by atoms with Gasteiger partial charge in [-0.15, -0.1) is 0 Å². The van der Waals surface area contributed by atoms with Crippen LogP contribution in [0.2, 0.25) is 36.3 Å². The molecule has 3 aromatic heterocycles.